The number of nitrogens with two attached hydrogens (primary N) is 2. The smallest absolute Gasteiger partial charge is 0.253 e. The third-order valence-electron chi connectivity index (χ3n) is 1.81. The number of primary amides is 1. The normalized spacial score (nSPS) is 12.2. The molecule has 4 N–H and O–H groups in total. The maximum absolute atomic E-state index is 11.6. The Hall–Kier alpha value is -1.14. The molecule has 0 aliphatic heterocycles. The molecule has 0 rings (SSSR count). The van der Waals surface area contributed by atoms with Crippen LogP contribution < -0.4 is 11.5 Å². The number of nitrogens with zero attached hydrogens (tertiary/aromatic N) is 1. The predicted octanol–water partition coefficient (Wildman–Crippen LogP) is -1.71. The number of hydrogen-bond donors (Lipinski definition) is 2. The molecule has 0 heterocycles. The largest absolute Gasteiger partial charge is 0.370 e. The first-order valence-electron chi connectivity index (χ1n) is 4.36. The molecule has 0 bridgehead atoms. The van der Waals surface area contributed by atoms with Crippen molar-refractivity contribution in [3.8, 4) is 0 Å². The summed E-state index contributed by atoms with van der Waals surface area (Å²) in [7, 11) is 1.40. The Balaban J connectivity index is 4.35. The van der Waals surface area contributed by atoms with Gasteiger partial charge in [-0.2, -0.15) is 0 Å². The highest BCUT2D eigenvalue weighted by Gasteiger charge is 2.22. The van der Waals surface area contributed by atoms with Crippen LogP contribution in [0.25, 0.3) is 0 Å². The Labute approximate surface area is 83.2 Å². The van der Waals surface area contributed by atoms with Crippen molar-refractivity contribution in [3.63, 3.8) is 0 Å². The van der Waals surface area contributed by atoms with Gasteiger partial charge in [0.25, 0.3) is 5.91 Å². The molecule has 0 aromatic carbocycles. The number of likely N-dealkylation sites (N-methyl/N-ethyl adjacent to an activating group) is 1. The lowest BCUT2D eigenvalue weighted by Gasteiger charge is -2.23. The minimum atomic E-state index is -0.700. The summed E-state index contributed by atoms with van der Waals surface area (Å²) in [6, 6.07) is 0. The van der Waals surface area contributed by atoms with Gasteiger partial charge in [-0.1, -0.05) is 0 Å². The lowest BCUT2D eigenvalue weighted by atomic mass is 10.3. The fourth-order valence-electron chi connectivity index (χ4n) is 1.04. The van der Waals surface area contributed by atoms with Gasteiger partial charge in [-0.15, -0.1) is 0 Å². The topological polar surface area (TPSA) is 98.7 Å². The summed E-state index contributed by atoms with van der Waals surface area (Å²) in [4.78, 5) is 23.5. The van der Waals surface area contributed by atoms with Crippen LogP contribution in [0.4, 0.5) is 0 Å². The molecule has 1 unspecified atom stereocenters. The van der Waals surface area contributed by atoms with Crippen molar-refractivity contribution in [3.05, 3.63) is 0 Å². The van der Waals surface area contributed by atoms with Gasteiger partial charge >= 0.3 is 0 Å². The van der Waals surface area contributed by atoms with Gasteiger partial charge in [0.15, 0.2) is 0 Å². The van der Waals surface area contributed by atoms with Crippen molar-refractivity contribution in [1.82, 2.24) is 4.90 Å². The van der Waals surface area contributed by atoms with E-state index in [9.17, 15) is 9.59 Å². The molecule has 0 saturated heterocycles. The van der Waals surface area contributed by atoms with Crippen LogP contribution in [0.3, 0.4) is 0 Å². The second-order valence-electron chi connectivity index (χ2n) is 2.78. The van der Waals surface area contributed by atoms with Crippen molar-refractivity contribution >= 4 is 11.8 Å². The molecule has 6 nitrogen and oxygen atoms in total. The van der Waals surface area contributed by atoms with Crippen LogP contribution in [0.15, 0.2) is 0 Å². The van der Waals surface area contributed by atoms with E-state index in [2.05, 4.69) is 0 Å². The van der Waals surface area contributed by atoms with Gasteiger partial charge in [-0.3, -0.25) is 9.59 Å². The summed E-state index contributed by atoms with van der Waals surface area (Å²) in [6.07, 6.45) is -0.700. The molecule has 2 amide bonds. The zero-order valence-electron chi connectivity index (χ0n) is 8.53. The highest BCUT2D eigenvalue weighted by atomic mass is 16.5. The first kappa shape index (κ1) is 12.9. The summed E-state index contributed by atoms with van der Waals surface area (Å²) in [5, 5.41) is 0. The number of methoxy groups -OCH3 is 1. The van der Waals surface area contributed by atoms with Gasteiger partial charge in [-0.05, 0) is 6.92 Å². The van der Waals surface area contributed by atoms with Crippen LogP contribution in [0.1, 0.15) is 6.92 Å². The minimum Gasteiger partial charge on any atom is -0.370 e. The fraction of sp³-hybridized carbons (Fsp3) is 0.750. The van der Waals surface area contributed by atoms with Crippen LogP contribution in [0.5, 0.6) is 0 Å². The highest BCUT2D eigenvalue weighted by Crippen LogP contribution is 1.97. The van der Waals surface area contributed by atoms with Gasteiger partial charge in [-0.25, -0.2) is 0 Å². The second-order valence-corrected chi connectivity index (χ2v) is 2.78. The molecule has 0 aliphatic rings. The Kier molecular flexibility index (Phi) is 5.82. The van der Waals surface area contributed by atoms with E-state index < -0.39 is 12.0 Å². The van der Waals surface area contributed by atoms with E-state index in [0.29, 0.717) is 6.54 Å². The third kappa shape index (κ3) is 3.71. The molecular weight excluding hydrogens is 186 g/mol. The molecule has 1 atom stereocenters. The van der Waals surface area contributed by atoms with Crippen molar-refractivity contribution < 1.29 is 14.3 Å². The summed E-state index contributed by atoms with van der Waals surface area (Å²) in [6.45, 7) is 2.14. The van der Waals surface area contributed by atoms with Crippen LogP contribution in [0.2, 0.25) is 0 Å². The lowest BCUT2D eigenvalue weighted by molar-refractivity contribution is -0.143. The summed E-state index contributed by atoms with van der Waals surface area (Å²) >= 11 is 0. The molecule has 0 aliphatic carbocycles. The molecule has 0 aromatic heterocycles. The predicted molar refractivity (Wildman–Crippen MR) is 51.3 cm³/mol. The summed E-state index contributed by atoms with van der Waals surface area (Å²) in [5.74, 6) is -0.858. The Morgan fingerprint density at radius 1 is 1.50 bits per heavy atom. The molecule has 0 saturated carbocycles. The molecule has 82 valence electrons. The number of carbonyl (C=O) groups excluding carboxylic acids is 2. The molecule has 14 heavy (non-hydrogen) atoms. The average molecular weight is 203 g/mol. The number of rotatable bonds is 6. The first-order valence-corrected chi connectivity index (χ1v) is 4.36. The molecule has 0 radical (unpaired) electrons. The maximum atomic E-state index is 11.6. The first-order chi connectivity index (χ1) is 6.56. The van der Waals surface area contributed by atoms with Crippen molar-refractivity contribution in [2.45, 2.75) is 13.0 Å². The molecule has 0 fully saturated rings. The van der Waals surface area contributed by atoms with Crippen LogP contribution in [-0.2, 0) is 14.3 Å². The fourth-order valence-corrected chi connectivity index (χ4v) is 1.04. The highest BCUT2D eigenvalue weighted by molar-refractivity contribution is 5.86. The Morgan fingerprint density at radius 3 is 2.36 bits per heavy atom. The van der Waals surface area contributed by atoms with E-state index in [-0.39, 0.29) is 19.0 Å². The Bertz CT molecular complexity index is 204. The van der Waals surface area contributed by atoms with E-state index in [1.807, 2.05) is 0 Å². The lowest BCUT2D eigenvalue weighted by Crippen LogP contribution is -2.46. The summed E-state index contributed by atoms with van der Waals surface area (Å²) < 4.78 is 4.86. The van der Waals surface area contributed by atoms with Gasteiger partial charge < -0.3 is 21.1 Å². The van der Waals surface area contributed by atoms with Crippen LogP contribution >= 0.6 is 0 Å². The van der Waals surface area contributed by atoms with E-state index in [4.69, 9.17) is 16.2 Å². The van der Waals surface area contributed by atoms with E-state index >= 15 is 0 Å². The van der Waals surface area contributed by atoms with Crippen molar-refractivity contribution in [2.24, 2.45) is 11.5 Å². The quantitative estimate of drug-likeness (QED) is 0.537. The monoisotopic (exact) mass is 203 g/mol. The Morgan fingerprint density at radius 2 is 2.07 bits per heavy atom. The molecular formula is C8H17N3O3. The summed E-state index contributed by atoms with van der Waals surface area (Å²) in [5.41, 5.74) is 10.3. The number of amides is 2. The number of hydrogen-bond acceptors (Lipinski definition) is 4. The molecule has 6 heteroatoms. The van der Waals surface area contributed by atoms with E-state index in [1.165, 1.54) is 12.0 Å². The number of carbonyl (C=O) groups is 2. The molecule has 0 aromatic rings. The van der Waals surface area contributed by atoms with E-state index in [0.717, 1.165) is 0 Å². The van der Waals surface area contributed by atoms with Gasteiger partial charge in [0.1, 0.15) is 6.10 Å². The SMILES string of the molecule is CCN(CC(N)=O)C(=O)C(CN)OC. The van der Waals surface area contributed by atoms with E-state index in [1.54, 1.807) is 6.92 Å². The van der Waals surface area contributed by atoms with Crippen LogP contribution in [0, 0.1) is 0 Å². The minimum absolute atomic E-state index is 0.0879. The van der Waals surface area contributed by atoms with Crippen molar-refractivity contribution in [1.29, 1.82) is 0 Å². The van der Waals surface area contributed by atoms with Crippen LogP contribution in [-0.4, -0.2) is 49.6 Å². The zero-order valence-corrected chi connectivity index (χ0v) is 8.53. The van der Waals surface area contributed by atoms with Gasteiger partial charge in [0, 0.05) is 20.2 Å². The zero-order chi connectivity index (χ0) is 11.1. The average Bonchev–Trinajstić information content (AvgIpc) is 2.15. The standard InChI is InChI=1S/C8H17N3O3/c1-3-11(5-7(10)12)8(13)6(4-9)14-2/h6H,3-5,9H2,1-2H3,(H2,10,12). The van der Waals surface area contributed by atoms with Crippen molar-refractivity contribution in [2.75, 3.05) is 26.7 Å². The third-order valence-corrected chi connectivity index (χ3v) is 1.81. The number of ether oxygens (including phenoxy) is 1. The second kappa shape index (κ2) is 6.33. The van der Waals surface area contributed by atoms with Gasteiger partial charge in [0.2, 0.25) is 5.91 Å². The van der Waals surface area contributed by atoms with Gasteiger partial charge in [0.05, 0.1) is 6.54 Å². The maximum Gasteiger partial charge on any atom is 0.253 e. The molecule has 0 spiro atoms.